The Balaban J connectivity index is 2.42. The topological polar surface area (TPSA) is 17.1 Å². The van der Waals surface area contributed by atoms with Gasteiger partial charge in [0.15, 0.2) is 0 Å². The Kier molecular flexibility index (Phi) is 3.45. The molecule has 0 unspecified atom stereocenters. The van der Waals surface area contributed by atoms with Gasteiger partial charge in [-0.2, -0.15) is 0 Å². The number of carbonyl (C=O) groups excluding carboxylic acids is 1. The molecule has 64 valence electrons. The molecule has 0 aliphatic heterocycles. The van der Waals surface area contributed by atoms with Crippen molar-refractivity contribution in [3.05, 3.63) is 35.6 Å². The number of aryl methyl sites for hydroxylation is 1. The summed E-state index contributed by atoms with van der Waals surface area (Å²) in [4.78, 5) is 9.99. The van der Waals surface area contributed by atoms with E-state index in [1.54, 1.807) is 12.1 Å². The third kappa shape index (κ3) is 2.82. The fourth-order valence-corrected chi connectivity index (χ4v) is 1.04. The quantitative estimate of drug-likeness (QED) is 0.495. The van der Waals surface area contributed by atoms with Crippen molar-refractivity contribution in [2.45, 2.75) is 19.3 Å². The predicted octanol–water partition coefficient (Wildman–Crippen LogP) is 2.35. The molecule has 0 fully saturated rings. The Morgan fingerprint density at radius 3 is 2.50 bits per heavy atom. The van der Waals surface area contributed by atoms with Gasteiger partial charge in [-0.25, -0.2) is 4.39 Å². The Morgan fingerprint density at radius 1 is 1.25 bits per heavy atom. The first-order chi connectivity index (χ1) is 5.83. The van der Waals surface area contributed by atoms with Crippen LogP contribution in [0.3, 0.4) is 0 Å². The fourth-order valence-electron chi connectivity index (χ4n) is 1.04. The van der Waals surface area contributed by atoms with E-state index in [2.05, 4.69) is 0 Å². The summed E-state index contributed by atoms with van der Waals surface area (Å²) in [5.41, 5.74) is 1.08. The van der Waals surface area contributed by atoms with Gasteiger partial charge in [0.2, 0.25) is 0 Å². The summed E-state index contributed by atoms with van der Waals surface area (Å²) in [6.45, 7) is 0. The molecule has 0 heterocycles. The lowest BCUT2D eigenvalue weighted by Gasteiger charge is -1.97. The van der Waals surface area contributed by atoms with Crippen LogP contribution in [0.15, 0.2) is 24.3 Å². The molecule has 1 aromatic carbocycles. The highest BCUT2D eigenvalue weighted by Crippen LogP contribution is 2.05. The summed E-state index contributed by atoms with van der Waals surface area (Å²) in [5.74, 6) is -0.214. The van der Waals surface area contributed by atoms with E-state index in [1.807, 2.05) is 0 Å². The number of hydrogen-bond donors (Lipinski definition) is 0. The predicted molar refractivity (Wildman–Crippen MR) is 45.4 cm³/mol. The van der Waals surface area contributed by atoms with Crippen LogP contribution in [0.5, 0.6) is 0 Å². The average Bonchev–Trinajstić information content (AvgIpc) is 2.09. The molecule has 0 saturated carbocycles. The zero-order valence-corrected chi connectivity index (χ0v) is 6.79. The first kappa shape index (κ1) is 8.91. The largest absolute Gasteiger partial charge is 0.303 e. The van der Waals surface area contributed by atoms with Gasteiger partial charge in [-0.15, -0.1) is 0 Å². The van der Waals surface area contributed by atoms with Crippen molar-refractivity contribution < 1.29 is 9.18 Å². The molecule has 2 heteroatoms. The first-order valence-electron chi connectivity index (χ1n) is 4.01. The molecule has 0 aliphatic rings. The fraction of sp³-hybridized carbons (Fsp3) is 0.300. The van der Waals surface area contributed by atoms with Gasteiger partial charge in [-0.3, -0.25) is 0 Å². The third-order valence-electron chi connectivity index (χ3n) is 1.70. The lowest BCUT2D eigenvalue weighted by atomic mass is 10.1. The third-order valence-corrected chi connectivity index (χ3v) is 1.70. The van der Waals surface area contributed by atoms with Gasteiger partial charge < -0.3 is 4.79 Å². The van der Waals surface area contributed by atoms with Crippen LogP contribution < -0.4 is 0 Å². The van der Waals surface area contributed by atoms with Crippen molar-refractivity contribution in [3.63, 3.8) is 0 Å². The lowest BCUT2D eigenvalue weighted by molar-refractivity contribution is -0.107. The molecule has 12 heavy (non-hydrogen) atoms. The van der Waals surface area contributed by atoms with Crippen molar-refractivity contribution in [2.24, 2.45) is 0 Å². The highest BCUT2D eigenvalue weighted by atomic mass is 19.1. The van der Waals surface area contributed by atoms with Crippen LogP contribution in [0.2, 0.25) is 0 Å². The summed E-state index contributed by atoms with van der Waals surface area (Å²) < 4.78 is 12.4. The highest BCUT2D eigenvalue weighted by molar-refractivity contribution is 5.49. The number of unbranched alkanes of at least 4 members (excludes halogenated alkanes) is 1. The monoisotopic (exact) mass is 166 g/mol. The van der Waals surface area contributed by atoms with E-state index in [1.165, 1.54) is 12.1 Å². The molecule has 0 amide bonds. The average molecular weight is 166 g/mol. The van der Waals surface area contributed by atoms with E-state index in [-0.39, 0.29) is 5.82 Å². The molecule has 1 nitrogen and oxygen atoms in total. The number of hydrogen-bond acceptors (Lipinski definition) is 1. The molecule has 0 saturated heterocycles. The van der Waals surface area contributed by atoms with Crippen LogP contribution in [0.25, 0.3) is 0 Å². The lowest BCUT2D eigenvalue weighted by Crippen LogP contribution is -1.86. The Hall–Kier alpha value is -1.18. The molecule has 0 aliphatic carbocycles. The summed E-state index contributed by atoms with van der Waals surface area (Å²) >= 11 is 0. The zero-order valence-electron chi connectivity index (χ0n) is 6.79. The maximum Gasteiger partial charge on any atom is 0.123 e. The normalized spacial score (nSPS) is 9.75. The van der Waals surface area contributed by atoms with Gasteiger partial charge in [-0.1, -0.05) is 12.1 Å². The first-order valence-corrected chi connectivity index (χ1v) is 4.01. The van der Waals surface area contributed by atoms with E-state index in [4.69, 9.17) is 0 Å². The van der Waals surface area contributed by atoms with E-state index < -0.39 is 0 Å². The molecule has 1 rings (SSSR count). The zero-order chi connectivity index (χ0) is 8.81. The van der Waals surface area contributed by atoms with E-state index >= 15 is 0 Å². The Labute approximate surface area is 71.2 Å². The van der Waals surface area contributed by atoms with Crippen LogP contribution >= 0.6 is 0 Å². The summed E-state index contributed by atoms with van der Waals surface area (Å²) in [6.07, 6.45) is 3.18. The van der Waals surface area contributed by atoms with Crippen LogP contribution in [0, 0.1) is 5.82 Å². The molecule has 0 aromatic heterocycles. The van der Waals surface area contributed by atoms with Crippen molar-refractivity contribution in [1.29, 1.82) is 0 Å². The second kappa shape index (κ2) is 4.65. The number of aldehydes is 1. The smallest absolute Gasteiger partial charge is 0.123 e. The van der Waals surface area contributed by atoms with Crippen molar-refractivity contribution in [3.8, 4) is 0 Å². The maximum absolute atomic E-state index is 12.4. The molecule has 0 spiro atoms. The number of benzene rings is 1. The van der Waals surface area contributed by atoms with Crippen LogP contribution in [0.4, 0.5) is 4.39 Å². The summed E-state index contributed by atoms with van der Waals surface area (Å²) in [7, 11) is 0. The van der Waals surface area contributed by atoms with Crippen LogP contribution in [0.1, 0.15) is 18.4 Å². The van der Waals surface area contributed by atoms with Gasteiger partial charge in [0, 0.05) is 6.42 Å². The van der Waals surface area contributed by atoms with Crippen LogP contribution in [-0.2, 0) is 11.2 Å². The molecule has 0 N–H and O–H groups in total. The maximum atomic E-state index is 12.4. The van der Waals surface area contributed by atoms with Crippen molar-refractivity contribution in [1.82, 2.24) is 0 Å². The molecule has 0 bridgehead atoms. The van der Waals surface area contributed by atoms with Gasteiger partial charge in [-0.05, 0) is 30.5 Å². The summed E-state index contributed by atoms with van der Waals surface area (Å²) in [5, 5.41) is 0. The van der Waals surface area contributed by atoms with Gasteiger partial charge in [0.1, 0.15) is 12.1 Å². The molecular weight excluding hydrogens is 155 g/mol. The second-order valence-electron chi connectivity index (χ2n) is 2.69. The van der Waals surface area contributed by atoms with Crippen LogP contribution in [-0.4, -0.2) is 6.29 Å². The number of rotatable bonds is 4. The van der Waals surface area contributed by atoms with E-state index in [9.17, 15) is 9.18 Å². The SMILES string of the molecule is O=CCCCc1ccc(F)cc1. The van der Waals surface area contributed by atoms with E-state index in [0.29, 0.717) is 6.42 Å². The minimum absolute atomic E-state index is 0.214. The standard InChI is InChI=1S/C10H11FO/c11-10-6-4-9(5-7-10)3-1-2-8-12/h4-8H,1-3H2. The minimum atomic E-state index is -0.214. The Bertz CT molecular complexity index is 241. The Morgan fingerprint density at radius 2 is 1.92 bits per heavy atom. The molecule has 1 aromatic rings. The van der Waals surface area contributed by atoms with Crippen molar-refractivity contribution in [2.75, 3.05) is 0 Å². The van der Waals surface area contributed by atoms with E-state index in [0.717, 1.165) is 24.7 Å². The highest BCUT2D eigenvalue weighted by Gasteiger charge is 1.93. The minimum Gasteiger partial charge on any atom is -0.303 e. The van der Waals surface area contributed by atoms with Crippen molar-refractivity contribution >= 4 is 6.29 Å². The number of carbonyl (C=O) groups is 1. The number of halogens is 1. The van der Waals surface area contributed by atoms with Gasteiger partial charge in [0.25, 0.3) is 0 Å². The second-order valence-corrected chi connectivity index (χ2v) is 2.69. The summed E-state index contributed by atoms with van der Waals surface area (Å²) in [6, 6.07) is 6.38. The van der Waals surface area contributed by atoms with Gasteiger partial charge in [0.05, 0.1) is 0 Å². The molecular formula is C10H11FO. The molecule has 0 atom stereocenters. The molecule has 0 radical (unpaired) electrons. The van der Waals surface area contributed by atoms with Gasteiger partial charge >= 0.3 is 0 Å².